The summed E-state index contributed by atoms with van der Waals surface area (Å²) in [6, 6.07) is 17.1. The Hall–Kier alpha value is -5.41. The van der Waals surface area contributed by atoms with Crippen molar-refractivity contribution in [1.82, 2.24) is 14.8 Å². The van der Waals surface area contributed by atoms with Gasteiger partial charge in [-0.1, -0.05) is 36.4 Å². The number of ether oxygens (including phenoxy) is 2. The summed E-state index contributed by atoms with van der Waals surface area (Å²) in [5, 5.41) is 23.6. The Morgan fingerprint density at radius 1 is 1.06 bits per heavy atom. The molecule has 0 bridgehead atoms. The number of nitrogen functional groups attached to an aromatic ring is 1. The zero-order valence-electron chi connectivity index (χ0n) is 27.9. The SMILES string of the molecule is Cc1ccc(N)c([N+](=O)[O-])c1Oc1cccc2c(N3CCN(C(=O)OC(C)(C)C)CC3)c(C#N)c(-c3cccc4c3CCN(C)C4)nc12. The van der Waals surface area contributed by atoms with Crippen molar-refractivity contribution in [3.8, 4) is 28.8 Å². The number of anilines is 2. The molecule has 6 rings (SSSR count). The average Bonchev–Trinajstić information content (AvgIpc) is 3.04. The molecule has 12 heteroatoms. The molecular formula is C36H39N7O5. The smallest absolute Gasteiger partial charge is 0.410 e. The summed E-state index contributed by atoms with van der Waals surface area (Å²) >= 11 is 0. The van der Waals surface area contributed by atoms with E-state index >= 15 is 0 Å². The summed E-state index contributed by atoms with van der Waals surface area (Å²) in [5.74, 6) is 0.334. The highest BCUT2D eigenvalue weighted by atomic mass is 16.6. The Bertz CT molecular complexity index is 1970. The van der Waals surface area contributed by atoms with Crippen LogP contribution in [0.5, 0.6) is 11.5 Å². The lowest BCUT2D eigenvalue weighted by Crippen LogP contribution is -2.50. The third kappa shape index (κ3) is 6.16. The molecule has 0 spiro atoms. The summed E-state index contributed by atoms with van der Waals surface area (Å²) in [6.07, 6.45) is 0.419. The molecule has 1 aromatic heterocycles. The number of piperazine rings is 1. The Morgan fingerprint density at radius 3 is 2.48 bits per heavy atom. The molecule has 2 aliphatic heterocycles. The highest BCUT2D eigenvalue weighted by Crippen LogP contribution is 2.44. The fraction of sp³-hybridized carbons (Fsp3) is 0.361. The maximum atomic E-state index is 12.9. The van der Waals surface area contributed by atoms with Crippen molar-refractivity contribution in [2.24, 2.45) is 0 Å². The number of nitrogens with zero attached hydrogens (tertiary/aromatic N) is 6. The lowest BCUT2D eigenvalue weighted by molar-refractivity contribution is -0.384. The number of benzene rings is 3. The van der Waals surface area contributed by atoms with Crippen molar-refractivity contribution < 1.29 is 19.2 Å². The van der Waals surface area contributed by atoms with E-state index in [0.717, 1.165) is 30.6 Å². The van der Waals surface area contributed by atoms with E-state index in [-0.39, 0.29) is 23.2 Å². The number of aryl methyl sites for hydroxylation is 1. The molecule has 48 heavy (non-hydrogen) atoms. The van der Waals surface area contributed by atoms with Crippen LogP contribution in [0, 0.1) is 28.4 Å². The number of carbonyl (C=O) groups excluding carboxylic acids is 1. The van der Waals surface area contributed by atoms with Crippen LogP contribution in [0.25, 0.3) is 22.2 Å². The Labute approximate surface area is 279 Å². The van der Waals surface area contributed by atoms with Crippen LogP contribution < -0.4 is 15.4 Å². The van der Waals surface area contributed by atoms with E-state index in [0.29, 0.717) is 65.3 Å². The molecule has 1 fully saturated rings. The molecule has 0 aliphatic carbocycles. The highest BCUT2D eigenvalue weighted by molar-refractivity contribution is 6.01. The fourth-order valence-electron chi connectivity index (χ4n) is 6.48. The number of carbonyl (C=O) groups is 1. The molecule has 4 aromatic rings. The Kier molecular flexibility index (Phi) is 8.57. The minimum atomic E-state index is -0.616. The monoisotopic (exact) mass is 649 g/mol. The molecule has 0 saturated carbocycles. The molecule has 248 valence electrons. The first-order valence-corrected chi connectivity index (χ1v) is 16.0. The van der Waals surface area contributed by atoms with Crippen molar-refractivity contribution >= 4 is 34.1 Å². The van der Waals surface area contributed by atoms with Crippen molar-refractivity contribution in [2.45, 2.75) is 46.3 Å². The zero-order valence-corrected chi connectivity index (χ0v) is 27.9. The van der Waals surface area contributed by atoms with Gasteiger partial charge in [0.15, 0.2) is 5.75 Å². The number of amides is 1. The third-order valence-corrected chi connectivity index (χ3v) is 8.78. The quantitative estimate of drug-likeness (QED) is 0.146. The lowest BCUT2D eigenvalue weighted by atomic mass is 9.90. The maximum Gasteiger partial charge on any atom is 0.410 e. The van der Waals surface area contributed by atoms with Gasteiger partial charge < -0.3 is 29.9 Å². The number of aromatic nitrogens is 1. The van der Waals surface area contributed by atoms with Crippen LogP contribution in [-0.2, 0) is 17.7 Å². The zero-order chi connectivity index (χ0) is 34.3. The predicted octanol–water partition coefficient (Wildman–Crippen LogP) is 6.41. The lowest BCUT2D eigenvalue weighted by Gasteiger charge is -2.37. The van der Waals surface area contributed by atoms with Gasteiger partial charge in [0.05, 0.1) is 16.3 Å². The van der Waals surface area contributed by atoms with Gasteiger partial charge in [0.2, 0.25) is 5.75 Å². The number of nitriles is 1. The third-order valence-electron chi connectivity index (χ3n) is 8.78. The van der Waals surface area contributed by atoms with Gasteiger partial charge in [0.25, 0.3) is 0 Å². The van der Waals surface area contributed by atoms with Crippen molar-refractivity contribution in [1.29, 1.82) is 5.26 Å². The van der Waals surface area contributed by atoms with Crippen LogP contribution >= 0.6 is 0 Å². The Balaban J connectivity index is 1.53. The summed E-state index contributed by atoms with van der Waals surface area (Å²) in [7, 11) is 2.08. The van der Waals surface area contributed by atoms with Crippen LogP contribution in [-0.4, -0.2) is 71.2 Å². The molecule has 2 N–H and O–H groups in total. The number of hydrogen-bond donors (Lipinski definition) is 1. The van der Waals surface area contributed by atoms with Crippen LogP contribution in [0.2, 0.25) is 0 Å². The fourth-order valence-corrected chi connectivity index (χ4v) is 6.48. The minimum Gasteiger partial charge on any atom is -0.447 e. The van der Waals surface area contributed by atoms with Gasteiger partial charge in [-0.25, -0.2) is 9.78 Å². The van der Waals surface area contributed by atoms with Gasteiger partial charge in [0.1, 0.15) is 28.4 Å². The van der Waals surface area contributed by atoms with E-state index in [1.165, 1.54) is 11.6 Å². The molecule has 3 aromatic carbocycles. The molecule has 0 unspecified atom stereocenters. The summed E-state index contributed by atoms with van der Waals surface area (Å²) in [5.41, 5.74) is 10.9. The van der Waals surface area contributed by atoms with E-state index < -0.39 is 10.5 Å². The van der Waals surface area contributed by atoms with Crippen LogP contribution in [0.1, 0.15) is 43.0 Å². The molecule has 3 heterocycles. The molecular weight excluding hydrogens is 610 g/mol. The van der Waals surface area contributed by atoms with Crippen LogP contribution in [0.15, 0.2) is 48.5 Å². The second kappa shape index (κ2) is 12.7. The van der Waals surface area contributed by atoms with E-state index in [4.69, 9.17) is 20.2 Å². The van der Waals surface area contributed by atoms with Gasteiger partial charge in [-0.05, 0) is 70.0 Å². The molecule has 12 nitrogen and oxygen atoms in total. The number of likely N-dealkylation sites (N-methyl/N-ethyl adjacent to an activating group) is 1. The first-order chi connectivity index (χ1) is 22.9. The van der Waals surface area contributed by atoms with E-state index in [1.807, 2.05) is 39.0 Å². The molecule has 0 radical (unpaired) electrons. The standard InChI is InChI=1S/C36H39N7O5/c1-22-12-13-28(38)33(43(45)46)34(22)47-29-11-7-10-26-31(29)39-30(25-9-6-8-23-21-40(5)15-14-24(23)25)27(20-37)32(26)41-16-18-42(19-17-41)35(44)48-36(2,3)4/h6-13H,14-19,21,38H2,1-5H3. The number of para-hydroxylation sites is 1. The topological polar surface area (TPSA) is 151 Å². The van der Waals surface area contributed by atoms with Crippen molar-refractivity contribution in [2.75, 3.05) is 50.4 Å². The average molecular weight is 650 g/mol. The predicted molar refractivity (Wildman–Crippen MR) is 184 cm³/mol. The van der Waals surface area contributed by atoms with E-state index in [2.05, 4.69) is 29.0 Å². The van der Waals surface area contributed by atoms with Crippen LogP contribution in [0.4, 0.5) is 21.9 Å². The number of hydrogen-bond acceptors (Lipinski definition) is 10. The van der Waals surface area contributed by atoms with Crippen molar-refractivity contribution in [3.05, 3.63) is 80.9 Å². The first kappa shape index (κ1) is 32.5. The minimum absolute atomic E-state index is 0.00863. The van der Waals surface area contributed by atoms with Gasteiger partial charge in [0, 0.05) is 50.2 Å². The normalized spacial score (nSPS) is 15.2. The summed E-state index contributed by atoms with van der Waals surface area (Å²) in [4.78, 5) is 35.6. The molecule has 2 aliphatic rings. The van der Waals surface area contributed by atoms with E-state index in [1.54, 1.807) is 30.0 Å². The van der Waals surface area contributed by atoms with Crippen LogP contribution in [0.3, 0.4) is 0 Å². The number of fused-ring (bicyclic) bond motifs is 2. The number of nitro groups is 1. The number of rotatable bonds is 5. The Morgan fingerprint density at radius 2 is 1.79 bits per heavy atom. The first-order valence-electron chi connectivity index (χ1n) is 16.0. The number of nitro benzene ring substituents is 1. The van der Waals surface area contributed by atoms with Gasteiger partial charge in [-0.15, -0.1) is 0 Å². The van der Waals surface area contributed by atoms with Gasteiger partial charge in [-0.3, -0.25) is 10.1 Å². The summed E-state index contributed by atoms with van der Waals surface area (Å²) < 4.78 is 12.0. The van der Waals surface area contributed by atoms with E-state index in [9.17, 15) is 20.2 Å². The number of nitrogens with two attached hydrogens (primary N) is 1. The molecule has 1 saturated heterocycles. The largest absolute Gasteiger partial charge is 0.447 e. The molecule has 1 amide bonds. The second-order valence-electron chi connectivity index (χ2n) is 13.3. The van der Waals surface area contributed by atoms with Gasteiger partial charge >= 0.3 is 11.8 Å². The van der Waals surface area contributed by atoms with Gasteiger partial charge in [-0.2, -0.15) is 5.26 Å². The number of pyridine rings is 1. The summed E-state index contributed by atoms with van der Waals surface area (Å²) in [6.45, 7) is 10.6. The second-order valence-corrected chi connectivity index (χ2v) is 13.3. The van der Waals surface area contributed by atoms with Crippen molar-refractivity contribution in [3.63, 3.8) is 0 Å². The maximum absolute atomic E-state index is 12.9. The molecule has 0 atom stereocenters. The highest BCUT2D eigenvalue weighted by Gasteiger charge is 2.31.